The average molecular weight is 312 g/mol. The molecule has 0 saturated carbocycles. The molecule has 2 aromatic rings. The van der Waals surface area contributed by atoms with Crippen LogP contribution in [0.4, 0.5) is 0 Å². The summed E-state index contributed by atoms with van der Waals surface area (Å²) in [4.78, 5) is 0. The van der Waals surface area contributed by atoms with Crippen LogP contribution in [0, 0.1) is 6.92 Å². The minimum atomic E-state index is 0.622. The average Bonchev–Trinajstić information content (AvgIpc) is 2.34. The van der Waals surface area contributed by atoms with E-state index in [0.29, 0.717) is 10.8 Å². The molecule has 0 unspecified atom stereocenters. The highest BCUT2D eigenvalue weighted by Gasteiger charge is 2.05. The normalized spacial score (nSPS) is 10.3. The van der Waals surface area contributed by atoms with E-state index in [9.17, 15) is 0 Å². The van der Waals surface area contributed by atoms with E-state index >= 15 is 0 Å². The van der Waals surface area contributed by atoms with E-state index < -0.39 is 0 Å². The maximum absolute atomic E-state index is 6.05. The molecule has 2 rings (SSSR count). The third-order valence-electron chi connectivity index (χ3n) is 2.45. The van der Waals surface area contributed by atoms with E-state index in [0.717, 1.165) is 16.6 Å². The summed E-state index contributed by atoms with van der Waals surface area (Å²) in [6, 6.07) is 13.6. The van der Waals surface area contributed by atoms with Crippen molar-refractivity contribution in [1.82, 2.24) is 0 Å². The van der Waals surface area contributed by atoms with E-state index in [1.807, 2.05) is 43.3 Å². The molecule has 0 saturated heterocycles. The van der Waals surface area contributed by atoms with Gasteiger partial charge in [-0.25, -0.2) is 0 Å². The summed E-state index contributed by atoms with van der Waals surface area (Å²) in [5.74, 6) is 1.52. The molecule has 2 aromatic carbocycles. The van der Waals surface area contributed by atoms with Crippen molar-refractivity contribution < 1.29 is 4.74 Å². The van der Waals surface area contributed by atoms with Gasteiger partial charge in [0.2, 0.25) is 0 Å². The molecular weight excluding hydrogens is 300 g/mol. The molecule has 0 radical (unpaired) electrons. The molecule has 0 bridgehead atoms. The zero-order valence-electron chi connectivity index (χ0n) is 9.41. The van der Waals surface area contributed by atoms with E-state index in [4.69, 9.17) is 16.3 Å². The van der Waals surface area contributed by atoms with Crippen LogP contribution in [0.15, 0.2) is 42.5 Å². The quantitative estimate of drug-likeness (QED) is 0.696. The first-order valence-electron chi connectivity index (χ1n) is 5.28. The lowest BCUT2D eigenvalue weighted by atomic mass is 10.1. The Hall–Kier alpha value is -0.990. The SMILES string of the molecule is Cc1cc(CBr)ccc1Oc1ccccc1Cl. The van der Waals surface area contributed by atoms with E-state index in [2.05, 4.69) is 22.0 Å². The Morgan fingerprint density at radius 2 is 1.88 bits per heavy atom. The largest absolute Gasteiger partial charge is 0.456 e. The van der Waals surface area contributed by atoms with Crippen LogP contribution in [0.25, 0.3) is 0 Å². The van der Waals surface area contributed by atoms with Gasteiger partial charge in [0.15, 0.2) is 0 Å². The number of benzene rings is 2. The first-order valence-corrected chi connectivity index (χ1v) is 6.78. The Bertz CT molecular complexity index is 525. The minimum absolute atomic E-state index is 0.622. The minimum Gasteiger partial charge on any atom is -0.456 e. The van der Waals surface area contributed by atoms with Crippen molar-refractivity contribution in [2.75, 3.05) is 0 Å². The van der Waals surface area contributed by atoms with E-state index in [1.165, 1.54) is 5.56 Å². The summed E-state index contributed by atoms with van der Waals surface area (Å²) in [7, 11) is 0. The lowest BCUT2D eigenvalue weighted by Crippen LogP contribution is -1.89. The fraction of sp³-hybridized carbons (Fsp3) is 0.143. The monoisotopic (exact) mass is 310 g/mol. The van der Waals surface area contributed by atoms with Gasteiger partial charge >= 0.3 is 0 Å². The topological polar surface area (TPSA) is 9.23 Å². The smallest absolute Gasteiger partial charge is 0.146 e. The summed E-state index contributed by atoms with van der Waals surface area (Å²) in [5.41, 5.74) is 2.33. The van der Waals surface area contributed by atoms with Crippen LogP contribution in [0.2, 0.25) is 5.02 Å². The number of halogens is 2. The number of aryl methyl sites for hydroxylation is 1. The molecule has 0 heterocycles. The summed E-state index contributed by atoms with van der Waals surface area (Å²) in [6.07, 6.45) is 0. The van der Waals surface area contributed by atoms with E-state index in [1.54, 1.807) is 0 Å². The van der Waals surface area contributed by atoms with Crippen LogP contribution >= 0.6 is 27.5 Å². The summed E-state index contributed by atoms with van der Waals surface area (Å²) < 4.78 is 5.79. The molecule has 88 valence electrons. The molecule has 0 amide bonds. The number of alkyl halides is 1. The van der Waals surface area contributed by atoms with Crippen LogP contribution in [-0.4, -0.2) is 0 Å². The number of hydrogen-bond acceptors (Lipinski definition) is 1. The van der Waals surface area contributed by atoms with Gasteiger partial charge in [-0.1, -0.05) is 51.8 Å². The molecule has 1 nitrogen and oxygen atoms in total. The van der Waals surface area contributed by atoms with Crippen molar-refractivity contribution in [2.45, 2.75) is 12.3 Å². The van der Waals surface area contributed by atoms with Crippen molar-refractivity contribution in [3.8, 4) is 11.5 Å². The summed E-state index contributed by atoms with van der Waals surface area (Å²) >= 11 is 9.49. The van der Waals surface area contributed by atoms with Gasteiger partial charge < -0.3 is 4.74 Å². The van der Waals surface area contributed by atoms with Gasteiger partial charge in [-0.2, -0.15) is 0 Å². The zero-order valence-corrected chi connectivity index (χ0v) is 11.8. The van der Waals surface area contributed by atoms with Crippen molar-refractivity contribution in [3.05, 3.63) is 58.6 Å². The lowest BCUT2D eigenvalue weighted by molar-refractivity contribution is 0.479. The maximum Gasteiger partial charge on any atom is 0.146 e. The lowest BCUT2D eigenvalue weighted by Gasteiger charge is -2.10. The molecule has 3 heteroatoms. The molecule has 0 aliphatic heterocycles. The number of ether oxygens (including phenoxy) is 1. The number of rotatable bonds is 3. The second kappa shape index (κ2) is 5.56. The molecule has 0 atom stereocenters. The van der Waals surface area contributed by atoms with Gasteiger partial charge in [-0.3, -0.25) is 0 Å². The van der Waals surface area contributed by atoms with Crippen molar-refractivity contribution in [3.63, 3.8) is 0 Å². The molecule has 0 aliphatic rings. The highest BCUT2D eigenvalue weighted by atomic mass is 79.9. The highest BCUT2D eigenvalue weighted by molar-refractivity contribution is 9.08. The summed E-state index contributed by atoms with van der Waals surface area (Å²) in [5, 5.41) is 1.47. The molecule has 0 spiro atoms. The van der Waals surface area contributed by atoms with Gasteiger partial charge in [0.1, 0.15) is 11.5 Å². The van der Waals surface area contributed by atoms with Crippen LogP contribution < -0.4 is 4.74 Å². The first kappa shape index (κ1) is 12.5. The second-order valence-corrected chi connectivity index (χ2v) is 4.73. The Morgan fingerprint density at radius 1 is 1.12 bits per heavy atom. The molecule has 0 aliphatic carbocycles. The van der Waals surface area contributed by atoms with E-state index in [-0.39, 0.29) is 0 Å². The Balaban J connectivity index is 2.28. The fourth-order valence-corrected chi connectivity index (χ4v) is 2.08. The second-order valence-electron chi connectivity index (χ2n) is 3.77. The van der Waals surface area contributed by atoms with Crippen molar-refractivity contribution >= 4 is 27.5 Å². The molecule has 17 heavy (non-hydrogen) atoms. The third-order valence-corrected chi connectivity index (χ3v) is 3.41. The highest BCUT2D eigenvalue weighted by Crippen LogP contribution is 2.31. The van der Waals surface area contributed by atoms with Crippen molar-refractivity contribution in [1.29, 1.82) is 0 Å². The predicted octanol–water partition coefficient (Wildman–Crippen LogP) is 5.34. The molecule has 0 aromatic heterocycles. The Kier molecular flexibility index (Phi) is 4.08. The standard InChI is InChI=1S/C14H12BrClO/c1-10-8-11(9-15)6-7-13(10)17-14-5-3-2-4-12(14)16/h2-8H,9H2,1H3. The van der Waals surface area contributed by atoms with Crippen molar-refractivity contribution in [2.24, 2.45) is 0 Å². The number of hydrogen-bond donors (Lipinski definition) is 0. The predicted molar refractivity (Wildman–Crippen MR) is 75.3 cm³/mol. The van der Waals surface area contributed by atoms with Crippen LogP contribution in [-0.2, 0) is 5.33 Å². The van der Waals surface area contributed by atoms with Crippen LogP contribution in [0.3, 0.4) is 0 Å². The molecular formula is C14H12BrClO. The molecule has 0 N–H and O–H groups in total. The van der Waals surface area contributed by atoms with Crippen LogP contribution in [0.1, 0.15) is 11.1 Å². The van der Waals surface area contributed by atoms with Gasteiger partial charge in [0, 0.05) is 5.33 Å². The van der Waals surface area contributed by atoms with Crippen LogP contribution in [0.5, 0.6) is 11.5 Å². The van der Waals surface area contributed by atoms with Gasteiger partial charge in [0.05, 0.1) is 5.02 Å². The fourth-order valence-electron chi connectivity index (χ4n) is 1.56. The molecule has 0 fully saturated rings. The number of para-hydroxylation sites is 1. The maximum atomic E-state index is 6.05. The Morgan fingerprint density at radius 3 is 2.53 bits per heavy atom. The van der Waals surface area contributed by atoms with Gasteiger partial charge in [-0.05, 0) is 36.2 Å². The van der Waals surface area contributed by atoms with Gasteiger partial charge in [-0.15, -0.1) is 0 Å². The summed E-state index contributed by atoms with van der Waals surface area (Å²) in [6.45, 7) is 2.03. The van der Waals surface area contributed by atoms with Gasteiger partial charge in [0.25, 0.3) is 0 Å². The first-order chi connectivity index (χ1) is 8.20. The Labute approximate surface area is 115 Å². The zero-order chi connectivity index (χ0) is 12.3. The third kappa shape index (κ3) is 3.02.